The summed E-state index contributed by atoms with van der Waals surface area (Å²) in [5.74, 6) is 1.17. The Kier molecular flexibility index (Phi) is 4.85. The standard InChI is InChI=1S/C17H23N3O2/c1-12-5-7-13(8-6-12)9-10-18-16(21)19-15-11-14(22-20-15)17(2,3)4/h5-8,11H,9-10H2,1-4H3,(H2,18,19,20,21). The van der Waals surface area contributed by atoms with Crippen LogP contribution in [0.4, 0.5) is 10.6 Å². The van der Waals surface area contributed by atoms with Gasteiger partial charge in [0.25, 0.3) is 0 Å². The molecule has 22 heavy (non-hydrogen) atoms. The number of rotatable bonds is 4. The van der Waals surface area contributed by atoms with E-state index in [1.165, 1.54) is 11.1 Å². The fraction of sp³-hybridized carbons (Fsp3) is 0.412. The van der Waals surface area contributed by atoms with E-state index in [1.807, 2.05) is 20.8 Å². The molecule has 2 aromatic rings. The first-order valence-corrected chi connectivity index (χ1v) is 7.42. The van der Waals surface area contributed by atoms with Gasteiger partial charge in [0.1, 0.15) is 5.76 Å². The van der Waals surface area contributed by atoms with Crippen LogP contribution in [0.1, 0.15) is 37.7 Å². The summed E-state index contributed by atoms with van der Waals surface area (Å²) >= 11 is 0. The molecular weight excluding hydrogens is 278 g/mol. The van der Waals surface area contributed by atoms with Crippen molar-refractivity contribution >= 4 is 11.8 Å². The smallest absolute Gasteiger partial charge is 0.320 e. The quantitative estimate of drug-likeness (QED) is 0.906. The van der Waals surface area contributed by atoms with Gasteiger partial charge in [0, 0.05) is 18.0 Å². The van der Waals surface area contributed by atoms with Crippen LogP contribution < -0.4 is 10.6 Å². The van der Waals surface area contributed by atoms with Crippen molar-refractivity contribution in [2.45, 2.75) is 39.5 Å². The van der Waals surface area contributed by atoms with Crippen LogP contribution in [0.3, 0.4) is 0 Å². The monoisotopic (exact) mass is 301 g/mol. The van der Waals surface area contributed by atoms with Crippen molar-refractivity contribution in [2.24, 2.45) is 0 Å². The molecule has 0 radical (unpaired) electrons. The Hall–Kier alpha value is -2.30. The zero-order valence-corrected chi connectivity index (χ0v) is 13.6. The summed E-state index contributed by atoms with van der Waals surface area (Å²) in [4.78, 5) is 11.8. The Bertz CT molecular complexity index is 624. The molecule has 5 heteroatoms. The first-order chi connectivity index (χ1) is 10.3. The van der Waals surface area contributed by atoms with E-state index in [0.717, 1.165) is 12.2 Å². The van der Waals surface area contributed by atoms with E-state index < -0.39 is 0 Å². The van der Waals surface area contributed by atoms with E-state index in [2.05, 4.69) is 47.0 Å². The molecule has 2 amide bonds. The van der Waals surface area contributed by atoms with Crippen LogP contribution in [0, 0.1) is 6.92 Å². The predicted octanol–water partition coefficient (Wildman–Crippen LogP) is 3.64. The number of benzene rings is 1. The van der Waals surface area contributed by atoms with Crippen molar-refractivity contribution in [2.75, 3.05) is 11.9 Å². The van der Waals surface area contributed by atoms with E-state index in [0.29, 0.717) is 12.4 Å². The number of nitrogens with one attached hydrogen (secondary N) is 2. The summed E-state index contributed by atoms with van der Waals surface area (Å²) in [5.41, 5.74) is 2.30. The van der Waals surface area contributed by atoms with Crippen LogP contribution in [0.15, 0.2) is 34.9 Å². The molecule has 0 saturated carbocycles. The van der Waals surface area contributed by atoms with E-state index in [1.54, 1.807) is 6.07 Å². The van der Waals surface area contributed by atoms with E-state index in [-0.39, 0.29) is 11.4 Å². The summed E-state index contributed by atoms with van der Waals surface area (Å²) in [6.45, 7) is 8.70. The van der Waals surface area contributed by atoms with Gasteiger partial charge in [-0.25, -0.2) is 4.79 Å². The first kappa shape index (κ1) is 16.1. The van der Waals surface area contributed by atoms with Crippen LogP contribution in [0.2, 0.25) is 0 Å². The number of urea groups is 1. The predicted molar refractivity (Wildman–Crippen MR) is 87.1 cm³/mol. The van der Waals surface area contributed by atoms with E-state index in [9.17, 15) is 4.79 Å². The summed E-state index contributed by atoms with van der Waals surface area (Å²) in [6.07, 6.45) is 0.791. The normalized spacial score (nSPS) is 11.3. The minimum absolute atomic E-state index is 0.130. The molecule has 1 aromatic heterocycles. The summed E-state index contributed by atoms with van der Waals surface area (Å²) in [6, 6.07) is 9.75. The third-order valence-electron chi connectivity index (χ3n) is 3.31. The Morgan fingerprint density at radius 1 is 1.23 bits per heavy atom. The molecule has 118 valence electrons. The van der Waals surface area contributed by atoms with Crippen LogP contribution in [0.25, 0.3) is 0 Å². The molecule has 1 aromatic carbocycles. The Morgan fingerprint density at radius 3 is 2.50 bits per heavy atom. The van der Waals surface area contributed by atoms with Gasteiger partial charge in [-0.1, -0.05) is 55.8 Å². The topological polar surface area (TPSA) is 67.2 Å². The highest BCUT2D eigenvalue weighted by molar-refractivity contribution is 5.88. The number of anilines is 1. The molecule has 0 spiro atoms. The third kappa shape index (κ3) is 4.62. The fourth-order valence-corrected chi connectivity index (χ4v) is 1.92. The highest BCUT2D eigenvalue weighted by Crippen LogP contribution is 2.24. The average molecular weight is 301 g/mol. The van der Waals surface area contributed by atoms with Crippen LogP contribution in [-0.2, 0) is 11.8 Å². The van der Waals surface area contributed by atoms with Gasteiger partial charge in [-0.15, -0.1) is 0 Å². The summed E-state index contributed by atoms with van der Waals surface area (Å²) in [7, 11) is 0. The molecule has 0 aliphatic rings. The Morgan fingerprint density at radius 2 is 1.91 bits per heavy atom. The van der Waals surface area contributed by atoms with Crippen molar-refractivity contribution in [3.63, 3.8) is 0 Å². The number of hydrogen-bond donors (Lipinski definition) is 2. The van der Waals surface area contributed by atoms with Crippen LogP contribution in [-0.4, -0.2) is 17.7 Å². The van der Waals surface area contributed by atoms with Crippen molar-refractivity contribution < 1.29 is 9.32 Å². The molecule has 0 unspecified atom stereocenters. The average Bonchev–Trinajstić information content (AvgIpc) is 2.89. The second-order valence-electron chi connectivity index (χ2n) is 6.44. The minimum atomic E-state index is -0.277. The third-order valence-corrected chi connectivity index (χ3v) is 3.31. The van der Waals surface area contributed by atoms with Crippen molar-refractivity contribution in [3.8, 4) is 0 Å². The van der Waals surface area contributed by atoms with Gasteiger partial charge in [-0.05, 0) is 18.9 Å². The molecule has 2 rings (SSSR count). The van der Waals surface area contributed by atoms with Gasteiger partial charge in [0.2, 0.25) is 0 Å². The molecule has 5 nitrogen and oxygen atoms in total. The second-order valence-corrected chi connectivity index (χ2v) is 6.44. The summed E-state index contributed by atoms with van der Waals surface area (Å²) < 4.78 is 5.22. The van der Waals surface area contributed by atoms with Crippen LogP contribution in [0.5, 0.6) is 0 Å². The highest BCUT2D eigenvalue weighted by atomic mass is 16.5. The zero-order valence-electron chi connectivity index (χ0n) is 13.6. The minimum Gasteiger partial charge on any atom is -0.359 e. The number of carbonyl (C=O) groups is 1. The lowest BCUT2D eigenvalue weighted by molar-refractivity contribution is 0.252. The van der Waals surface area contributed by atoms with Crippen molar-refractivity contribution in [1.82, 2.24) is 10.5 Å². The molecule has 0 saturated heterocycles. The number of hydrogen-bond acceptors (Lipinski definition) is 3. The largest absolute Gasteiger partial charge is 0.359 e. The fourth-order valence-electron chi connectivity index (χ4n) is 1.92. The lowest BCUT2D eigenvalue weighted by Crippen LogP contribution is -2.30. The zero-order chi connectivity index (χ0) is 16.2. The molecule has 0 bridgehead atoms. The van der Waals surface area contributed by atoms with Gasteiger partial charge >= 0.3 is 6.03 Å². The molecule has 2 N–H and O–H groups in total. The van der Waals surface area contributed by atoms with Gasteiger partial charge < -0.3 is 9.84 Å². The Labute approximate surface area is 131 Å². The molecule has 0 atom stereocenters. The van der Waals surface area contributed by atoms with Gasteiger partial charge in [0.05, 0.1) is 0 Å². The first-order valence-electron chi connectivity index (χ1n) is 7.42. The molecule has 0 aliphatic carbocycles. The number of aryl methyl sites for hydroxylation is 1. The maximum Gasteiger partial charge on any atom is 0.320 e. The maximum absolute atomic E-state index is 11.8. The van der Waals surface area contributed by atoms with Crippen LogP contribution >= 0.6 is 0 Å². The van der Waals surface area contributed by atoms with Crippen molar-refractivity contribution in [1.29, 1.82) is 0 Å². The van der Waals surface area contributed by atoms with Gasteiger partial charge in [0.15, 0.2) is 5.82 Å². The summed E-state index contributed by atoms with van der Waals surface area (Å²) in [5, 5.41) is 9.34. The lowest BCUT2D eigenvalue weighted by Gasteiger charge is -2.12. The highest BCUT2D eigenvalue weighted by Gasteiger charge is 2.20. The molecular formula is C17H23N3O2. The van der Waals surface area contributed by atoms with Crippen molar-refractivity contribution in [3.05, 3.63) is 47.2 Å². The maximum atomic E-state index is 11.8. The number of carbonyl (C=O) groups excluding carboxylic acids is 1. The molecule has 0 aliphatic heterocycles. The van der Waals surface area contributed by atoms with E-state index >= 15 is 0 Å². The number of aromatic nitrogens is 1. The second kappa shape index (κ2) is 6.64. The molecule has 1 heterocycles. The van der Waals surface area contributed by atoms with E-state index in [4.69, 9.17) is 4.52 Å². The van der Waals surface area contributed by atoms with Gasteiger partial charge in [-0.3, -0.25) is 5.32 Å². The Balaban J connectivity index is 1.78. The molecule has 0 fully saturated rings. The van der Waals surface area contributed by atoms with Gasteiger partial charge in [-0.2, -0.15) is 0 Å². The number of amides is 2. The lowest BCUT2D eigenvalue weighted by atomic mass is 9.93. The SMILES string of the molecule is Cc1ccc(CCNC(=O)Nc2cc(C(C)(C)C)on2)cc1. The number of nitrogens with zero attached hydrogens (tertiary/aromatic N) is 1.